The monoisotopic (exact) mass is 516 g/mol. The van der Waals surface area contributed by atoms with Crippen molar-refractivity contribution in [1.82, 2.24) is 4.90 Å². The van der Waals surface area contributed by atoms with Crippen molar-refractivity contribution in [1.29, 1.82) is 0 Å². The summed E-state index contributed by atoms with van der Waals surface area (Å²) in [6.45, 7) is 0.459. The molecular weight excluding hydrogens is 488 g/mol. The topological polar surface area (TPSA) is 86.7 Å². The van der Waals surface area contributed by atoms with Crippen LogP contribution in [-0.4, -0.2) is 33.8 Å². The van der Waals surface area contributed by atoms with Crippen molar-refractivity contribution in [3.8, 4) is 22.3 Å². The fourth-order valence-electron chi connectivity index (χ4n) is 5.77. The number of carbonyl (C=O) groups is 3. The van der Waals surface area contributed by atoms with Gasteiger partial charge in [0.25, 0.3) is 11.8 Å². The molecule has 0 spiro atoms. The molecule has 6 nitrogen and oxygen atoms in total. The molecular formula is C33H28N2O4. The van der Waals surface area contributed by atoms with E-state index in [1.54, 1.807) is 4.90 Å². The van der Waals surface area contributed by atoms with Crippen molar-refractivity contribution in [2.45, 2.75) is 31.8 Å². The number of rotatable bonds is 6. The molecule has 2 atom stereocenters. The van der Waals surface area contributed by atoms with Gasteiger partial charge in [0, 0.05) is 29.4 Å². The van der Waals surface area contributed by atoms with E-state index >= 15 is 0 Å². The summed E-state index contributed by atoms with van der Waals surface area (Å²) in [5, 5.41) is 12.5. The third-order valence-electron chi connectivity index (χ3n) is 7.87. The van der Waals surface area contributed by atoms with Gasteiger partial charge in [-0.15, -0.1) is 0 Å². The molecule has 6 rings (SSSR count). The highest BCUT2D eigenvalue weighted by Crippen LogP contribution is 2.37. The Hall–Kier alpha value is -4.71. The summed E-state index contributed by atoms with van der Waals surface area (Å²) in [5.74, 6) is -1.59. The van der Waals surface area contributed by atoms with Crippen molar-refractivity contribution in [3.63, 3.8) is 0 Å². The van der Waals surface area contributed by atoms with Gasteiger partial charge in [-0.05, 0) is 71.0 Å². The standard InChI is InChI=1S/C33H28N2O4/c36-31(24-11-9-22(10-12-24)21-5-2-1-3-6-21)34-27-17-15-23(16-18-27)25-13-14-26-20-35(32(37)29(26)19-25)30-8-4-7-28(30)33(38)39/h1-3,5-6,9-19,28,30H,4,7-8,20H2,(H,34,36)(H,38,39). The largest absolute Gasteiger partial charge is 0.481 e. The normalized spacial score (nSPS) is 18.2. The Bertz CT molecular complexity index is 1550. The van der Waals surface area contributed by atoms with E-state index in [2.05, 4.69) is 5.32 Å². The van der Waals surface area contributed by atoms with E-state index in [0.29, 0.717) is 29.8 Å². The number of amides is 2. The first kappa shape index (κ1) is 24.6. The van der Waals surface area contributed by atoms with Crippen LogP contribution in [-0.2, 0) is 11.3 Å². The van der Waals surface area contributed by atoms with E-state index in [-0.39, 0.29) is 17.9 Å². The van der Waals surface area contributed by atoms with Crippen LogP contribution in [0.25, 0.3) is 22.3 Å². The van der Waals surface area contributed by atoms with Crippen LogP contribution in [0.15, 0.2) is 97.1 Å². The quantitative estimate of drug-likeness (QED) is 0.307. The van der Waals surface area contributed by atoms with E-state index in [1.165, 1.54) is 0 Å². The molecule has 1 aliphatic heterocycles. The van der Waals surface area contributed by atoms with Gasteiger partial charge in [0.2, 0.25) is 0 Å². The number of carboxylic acids is 1. The summed E-state index contributed by atoms with van der Waals surface area (Å²) in [7, 11) is 0. The molecule has 1 aliphatic carbocycles. The number of hydrogen-bond acceptors (Lipinski definition) is 3. The molecule has 2 N–H and O–H groups in total. The number of carbonyl (C=O) groups excluding carboxylic acids is 2. The van der Waals surface area contributed by atoms with Crippen molar-refractivity contribution in [3.05, 3.63) is 114 Å². The Morgan fingerprint density at radius 2 is 1.41 bits per heavy atom. The lowest BCUT2D eigenvalue weighted by molar-refractivity contribution is -0.143. The van der Waals surface area contributed by atoms with Crippen LogP contribution >= 0.6 is 0 Å². The average molecular weight is 517 g/mol. The number of benzene rings is 4. The van der Waals surface area contributed by atoms with Crippen molar-refractivity contribution >= 4 is 23.5 Å². The van der Waals surface area contributed by atoms with Crippen LogP contribution < -0.4 is 5.32 Å². The van der Waals surface area contributed by atoms with E-state index in [4.69, 9.17) is 0 Å². The van der Waals surface area contributed by atoms with Gasteiger partial charge in [0.05, 0.1) is 5.92 Å². The van der Waals surface area contributed by atoms with Crippen LogP contribution in [0.3, 0.4) is 0 Å². The van der Waals surface area contributed by atoms with E-state index < -0.39 is 11.9 Å². The van der Waals surface area contributed by atoms with Crippen LogP contribution in [0.1, 0.15) is 45.5 Å². The Morgan fingerprint density at radius 3 is 2.13 bits per heavy atom. The zero-order valence-electron chi connectivity index (χ0n) is 21.3. The predicted molar refractivity (Wildman–Crippen MR) is 150 cm³/mol. The third-order valence-corrected chi connectivity index (χ3v) is 7.87. The lowest BCUT2D eigenvalue weighted by atomic mass is 10.00. The van der Waals surface area contributed by atoms with Gasteiger partial charge >= 0.3 is 5.97 Å². The second-order valence-electron chi connectivity index (χ2n) is 10.2. The first-order valence-electron chi connectivity index (χ1n) is 13.2. The highest BCUT2D eigenvalue weighted by atomic mass is 16.4. The number of nitrogens with zero attached hydrogens (tertiary/aromatic N) is 1. The number of anilines is 1. The molecule has 0 bridgehead atoms. The van der Waals surface area contributed by atoms with Gasteiger partial charge in [0.15, 0.2) is 0 Å². The zero-order valence-corrected chi connectivity index (χ0v) is 21.3. The van der Waals surface area contributed by atoms with Gasteiger partial charge in [-0.2, -0.15) is 0 Å². The fraction of sp³-hybridized carbons (Fsp3) is 0.182. The van der Waals surface area contributed by atoms with Crippen molar-refractivity contribution in [2.75, 3.05) is 5.32 Å². The summed E-state index contributed by atoms with van der Waals surface area (Å²) < 4.78 is 0. The molecule has 1 saturated carbocycles. The minimum Gasteiger partial charge on any atom is -0.481 e. The Balaban J connectivity index is 1.14. The van der Waals surface area contributed by atoms with Crippen LogP contribution in [0.4, 0.5) is 5.69 Å². The predicted octanol–water partition coefficient (Wildman–Crippen LogP) is 6.48. The average Bonchev–Trinajstić information content (AvgIpc) is 3.59. The highest BCUT2D eigenvalue weighted by molar-refractivity contribution is 6.04. The first-order chi connectivity index (χ1) is 19.0. The minimum absolute atomic E-state index is 0.0906. The van der Waals surface area contributed by atoms with E-state index in [9.17, 15) is 19.5 Å². The van der Waals surface area contributed by atoms with Gasteiger partial charge in [-0.25, -0.2) is 0 Å². The molecule has 4 aromatic carbocycles. The first-order valence-corrected chi connectivity index (χ1v) is 13.2. The van der Waals surface area contributed by atoms with Gasteiger partial charge in [0.1, 0.15) is 0 Å². The lowest BCUT2D eigenvalue weighted by Crippen LogP contribution is -2.40. The molecule has 2 aliphatic rings. The molecule has 6 heteroatoms. The molecule has 4 aromatic rings. The molecule has 1 heterocycles. The summed E-state index contributed by atoms with van der Waals surface area (Å²) in [6.07, 6.45) is 2.18. The third kappa shape index (κ3) is 4.81. The van der Waals surface area contributed by atoms with Gasteiger partial charge in [-0.3, -0.25) is 14.4 Å². The second kappa shape index (κ2) is 10.2. The molecule has 2 unspecified atom stereocenters. The summed E-state index contributed by atoms with van der Waals surface area (Å²) in [4.78, 5) is 39.4. The van der Waals surface area contributed by atoms with E-state index in [1.807, 2.05) is 97.1 Å². The van der Waals surface area contributed by atoms with Crippen molar-refractivity contribution in [2.24, 2.45) is 5.92 Å². The Morgan fingerprint density at radius 1 is 0.769 bits per heavy atom. The van der Waals surface area contributed by atoms with Gasteiger partial charge in [-0.1, -0.05) is 73.2 Å². The number of aliphatic carboxylic acids is 1. The van der Waals surface area contributed by atoms with Crippen molar-refractivity contribution < 1.29 is 19.5 Å². The minimum atomic E-state index is -0.821. The fourth-order valence-corrected chi connectivity index (χ4v) is 5.77. The molecule has 0 radical (unpaired) electrons. The van der Waals surface area contributed by atoms with Crippen LogP contribution in [0, 0.1) is 5.92 Å². The lowest BCUT2D eigenvalue weighted by Gasteiger charge is -2.27. The van der Waals surface area contributed by atoms with Crippen LogP contribution in [0.5, 0.6) is 0 Å². The SMILES string of the molecule is O=C(Nc1ccc(-c2ccc3c(c2)C(=O)N(C2CCCC2C(=O)O)C3)cc1)c1ccc(-c2ccccc2)cc1. The smallest absolute Gasteiger partial charge is 0.308 e. The summed E-state index contributed by atoms with van der Waals surface area (Å²) in [6, 6.07) is 30.7. The Kier molecular flexibility index (Phi) is 6.45. The number of nitrogens with one attached hydrogen (secondary N) is 1. The summed E-state index contributed by atoms with van der Waals surface area (Å²) >= 11 is 0. The molecule has 194 valence electrons. The second-order valence-corrected chi connectivity index (χ2v) is 10.2. The molecule has 39 heavy (non-hydrogen) atoms. The van der Waals surface area contributed by atoms with E-state index in [0.717, 1.165) is 40.7 Å². The highest BCUT2D eigenvalue weighted by Gasteiger charge is 2.42. The summed E-state index contributed by atoms with van der Waals surface area (Å²) in [5.41, 5.74) is 6.81. The number of hydrogen-bond donors (Lipinski definition) is 2. The maximum atomic E-state index is 13.2. The number of carboxylic acid groups (broad SMARTS) is 1. The molecule has 2 amide bonds. The molecule has 0 saturated heterocycles. The maximum absolute atomic E-state index is 13.2. The molecule has 1 fully saturated rings. The maximum Gasteiger partial charge on any atom is 0.308 e. The van der Waals surface area contributed by atoms with Gasteiger partial charge < -0.3 is 15.3 Å². The van der Waals surface area contributed by atoms with Crippen LogP contribution in [0.2, 0.25) is 0 Å². The zero-order chi connectivity index (χ0) is 26.9. The Labute approximate surface area is 226 Å². The number of fused-ring (bicyclic) bond motifs is 1. The molecule has 0 aromatic heterocycles.